The van der Waals surface area contributed by atoms with Crippen molar-refractivity contribution >= 4 is 27.6 Å². The fourth-order valence-corrected chi connectivity index (χ4v) is 5.35. The number of alkyl halides is 3. The molecule has 1 saturated heterocycles. The third-order valence-corrected chi connectivity index (χ3v) is 7.21. The highest BCUT2D eigenvalue weighted by atomic mass is 32.1. The van der Waals surface area contributed by atoms with Gasteiger partial charge in [0.15, 0.2) is 5.65 Å². The van der Waals surface area contributed by atoms with Gasteiger partial charge in [-0.3, -0.25) is 9.69 Å². The molecular formula is C24H28F3N5O2S. The molecule has 4 heterocycles. The van der Waals surface area contributed by atoms with Gasteiger partial charge in [0.2, 0.25) is 5.88 Å². The quantitative estimate of drug-likeness (QED) is 0.476. The van der Waals surface area contributed by atoms with E-state index in [1.54, 1.807) is 30.4 Å². The number of likely N-dealkylation sites (tertiary alicyclic amines) is 1. The van der Waals surface area contributed by atoms with Gasteiger partial charge in [-0.2, -0.15) is 13.2 Å². The predicted molar refractivity (Wildman–Crippen MR) is 127 cm³/mol. The molecule has 11 heteroatoms. The molecule has 0 aliphatic carbocycles. The normalized spacial score (nSPS) is 18.0. The van der Waals surface area contributed by atoms with E-state index in [-0.39, 0.29) is 12.6 Å². The van der Waals surface area contributed by atoms with E-state index in [1.165, 1.54) is 7.11 Å². The Morgan fingerprint density at radius 3 is 2.74 bits per heavy atom. The zero-order chi connectivity index (χ0) is 25.3. The summed E-state index contributed by atoms with van der Waals surface area (Å²) in [4.78, 5) is 28.9. The summed E-state index contributed by atoms with van der Waals surface area (Å²) in [7, 11) is 1.45. The molecular weight excluding hydrogens is 479 g/mol. The summed E-state index contributed by atoms with van der Waals surface area (Å²) < 4.78 is 46.9. The molecule has 4 rings (SSSR count). The molecule has 0 aromatic carbocycles. The minimum absolute atomic E-state index is 0.129. The number of methoxy groups -OCH3 is 1. The number of amides is 1. The van der Waals surface area contributed by atoms with Crippen molar-refractivity contribution < 1.29 is 22.7 Å². The summed E-state index contributed by atoms with van der Waals surface area (Å²) in [6.45, 7) is 6.51. The lowest BCUT2D eigenvalue weighted by molar-refractivity contribution is -0.189. The van der Waals surface area contributed by atoms with Crippen LogP contribution in [0.3, 0.4) is 0 Å². The first kappa shape index (κ1) is 25.3. The minimum Gasteiger partial charge on any atom is -0.481 e. The summed E-state index contributed by atoms with van der Waals surface area (Å²) in [5, 5.41) is 0.930. The second-order valence-corrected chi connectivity index (χ2v) is 10.1. The largest absolute Gasteiger partial charge is 0.481 e. The van der Waals surface area contributed by atoms with Gasteiger partial charge in [0.1, 0.15) is 0 Å². The maximum absolute atomic E-state index is 13.6. The van der Waals surface area contributed by atoms with Crippen LogP contribution >= 0.6 is 11.3 Å². The molecule has 2 atom stereocenters. The number of aromatic nitrogens is 3. The summed E-state index contributed by atoms with van der Waals surface area (Å²) in [6, 6.07) is 6.46. The van der Waals surface area contributed by atoms with E-state index in [0.29, 0.717) is 48.7 Å². The van der Waals surface area contributed by atoms with E-state index in [9.17, 15) is 18.0 Å². The smallest absolute Gasteiger partial charge is 0.471 e. The van der Waals surface area contributed by atoms with Gasteiger partial charge in [-0.15, -0.1) is 11.3 Å². The molecule has 0 bridgehead atoms. The highest BCUT2D eigenvalue weighted by Crippen LogP contribution is 2.31. The van der Waals surface area contributed by atoms with Crippen molar-refractivity contribution in [3.63, 3.8) is 0 Å². The van der Waals surface area contributed by atoms with Gasteiger partial charge in [0, 0.05) is 36.9 Å². The Hall–Kier alpha value is -2.79. The monoisotopic (exact) mass is 507 g/mol. The van der Waals surface area contributed by atoms with Crippen LogP contribution in [0.4, 0.5) is 13.2 Å². The third-order valence-electron chi connectivity index (χ3n) is 6.28. The van der Waals surface area contributed by atoms with Crippen molar-refractivity contribution in [2.45, 2.75) is 58.4 Å². The molecule has 0 N–H and O–H groups in total. The van der Waals surface area contributed by atoms with Crippen LogP contribution in [0.1, 0.15) is 47.8 Å². The molecule has 188 valence electrons. The van der Waals surface area contributed by atoms with Crippen molar-refractivity contribution in [1.29, 1.82) is 0 Å². The number of ether oxygens (including phenoxy) is 1. The van der Waals surface area contributed by atoms with Crippen LogP contribution in [0.15, 0.2) is 24.3 Å². The average Bonchev–Trinajstić information content (AvgIpc) is 3.20. The first-order valence-corrected chi connectivity index (χ1v) is 12.2. The fraction of sp³-hybridized carbons (Fsp3) is 0.500. The zero-order valence-corrected chi connectivity index (χ0v) is 20.9. The van der Waals surface area contributed by atoms with Gasteiger partial charge in [0.05, 0.1) is 22.5 Å². The molecule has 1 aliphatic heterocycles. The highest BCUT2D eigenvalue weighted by molar-refractivity contribution is 7.18. The van der Waals surface area contributed by atoms with Gasteiger partial charge in [0.25, 0.3) is 0 Å². The van der Waals surface area contributed by atoms with Crippen LogP contribution in [0, 0.1) is 13.8 Å². The van der Waals surface area contributed by atoms with Gasteiger partial charge < -0.3 is 9.64 Å². The third kappa shape index (κ3) is 5.72. The molecule has 35 heavy (non-hydrogen) atoms. The van der Waals surface area contributed by atoms with Crippen LogP contribution in [-0.4, -0.2) is 63.1 Å². The Morgan fingerprint density at radius 2 is 2.03 bits per heavy atom. The summed E-state index contributed by atoms with van der Waals surface area (Å²) in [5.74, 6) is -1.53. The maximum atomic E-state index is 13.6. The molecule has 1 amide bonds. The van der Waals surface area contributed by atoms with Gasteiger partial charge >= 0.3 is 12.1 Å². The molecule has 1 aliphatic rings. The van der Waals surface area contributed by atoms with E-state index >= 15 is 0 Å². The van der Waals surface area contributed by atoms with Crippen LogP contribution in [0.5, 0.6) is 5.88 Å². The number of aryl methyl sites for hydroxylation is 2. The molecule has 3 aromatic rings. The molecule has 0 saturated carbocycles. The highest BCUT2D eigenvalue weighted by Gasteiger charge is 2.45. The van der Waals surface area contributed by atoms with Crippen molar-refractivity contribution in [2.24, 2.45) is 0 Å². The second-order valence-electron chi connectivity index (χ2n) is 8.85. The maximum Gasteiger partial charge on any atom is 0.471 e. The minimum atomic E-state index is -4.96. The number of hydrogen-bond donors (Lipinski definition) is 0. The van der Waals surface area contributed by atoms with E-state index in [2.05, 4.69) is 19.9 Å². The Balaban J connectivity index is 1.58. The fourth-order valence-electron chi connectivity index (χ4n) is 4.58. The van der Waals surface area contributed by atoms with E-state index in [0.717, 1.165) is 20.3 Å². The van der Waals surface area contributed by atoms with E-state index < -0.39 is 18.1 Å². The number of fused-ring (bicyclic) bond motifs is 1. The topological polar surface area (TPSA) is 71.5 Å². The second kappa shape index (κ2) is 10.1. The summed E-state index contributed by atoms with van der Waals surface area (Å²) in [6.07, 6.45) is -3.80. The number of carbonyl (C=O) groups is 1. The van der Waals surface area contributed by atoms with Gasteiger partial charge in [-0.25, -0.2) is 15.0 Å². The number of hydrogen-bond acceptors (Lipinski definition) is 7. The van der Waals surface area contributed by atoms with Gasteiger partial charge in [-0.1, -0.05) is 0 Å². The Morgan fingerprint density at radius 1 is 1.26 bits per heavy atom. The van der Waals surface area contributed by atoms with Crippen molar-refractivity contribution in [3.8, 4) is 5.88 Å². The Labute approximate surface area is 205 Å². The molecule has 7 nitrogen and oxygen atoms in total. The first-order chi connectivity index (χ1) is 16.5. The number of rotatable bonds is 6. The molecule has 0 radical (unpaired) electrons. The van der Waals surface area contributed by atoms with E-state index in [1.807, 2.05) is 26.0 Å². The predicted octanol–water partition coefficient (Wildman–Crippen LogP) is 4.83. The number of carbonyl (C=O) groups excluding carboxylic acids is 1. The van der Waals surface area contributed by atoms with Crippen LogP contribution in [-0.2, 0) is 11.3 Å². The standard InChI is InChI=1S/C24H28F3N5O2S/c1-14-10-17(11-21(28-14)34-4)12-32(23(33)24(25,26)27)18-6-5-9-31(13-18)15(2)19-7-8-20-22(30-19)29-16(3)35-20/h7-8,10-11,15,18H,5-6,9,12-13H2,1-4H3/t15?,18-/m0/s1. The zero-order valence-electron chi connectivity index (χ0n) is 20.1. The van der Waals surface area contributed by atoms with Crippen molar-refractivity contribution in [3.05, 3.63) is 46.2 Å². The van der Waals surface area contributed by atoms with Crippen molar-refractivity contribution in [2.75, 3.05) is 20.2 Å². The number of nitrogens with zero attached hydrogens (tertiary/aromatic N) is 5. The molecule has 1 fully saturated rings. The van der Waals surface area contributed by atoms with Gasteiger partial charge in [-0.05, 0) is 63.9 Å². The lowest BCUT2D eigenvalue weighted by Gasteiger charge is -2.41. The van der Waals surface area contributed by atoms with Crippen LogP contribution in [0.25, 0.3) is 10.3 Å². The number of thiazole rings is 1. The number of piperidine rings is 1. The van der Waals surface area contributed by atoms with E-state index in [4.69, 9.17) is 4.74 Å². The Kier molecular flexibility index (Phi) is 7.27. The first-order valence-electron chi connectivity index (χ1n) is 11.4. The molecule has 1 unspecified atom stereocenters. The van der Waals surface area contributed by atoms with Crippen LogP contribution in [0.2, 0.25) is 0 Å². The average molecular weight is 508 g/mol. The summed E-state index contributed by atoms with van der Waals surface area (Å²) >= 11 is 1.57. The summed E-state index contributed by atoms with van der Waals surface area (Å²) in [5.41, 5.74) is 2.65. The Bertz CT molecular complexity index is 1220. The SMILES string of the molecule is COc1cc(CN(C(=O)C(F)(F)F)[C@H]2CCCN(C(C)c3ccc4sc(C)nc4n3)C2)cc(C)n1. The lowest BCUT2D eigenvalue weighted by Crippen LogP contribution is -2.53. The molecule has 0 spiro atoms. The molecule has 3 aromatic heterocycles. The number of halogens is 3. The van der Waals surface area contributed by atoms with Crippen LogP contribution < -0.4 is 4.74 Å². The number of pyridine rings is 2. The van der Waals surface area contributed by atoms with Crippen molar-refractivity contribution in [1.82, 2.24) is 24.8 Å². The lowest BCUT2D eigenvalue weighted by atomic mass is 10.00.